The Kier molecular flexibility index (Phi) is 5.96. The lowest BCUT2D eigenvalue weighted by Gasteiger charge is -2.02. The number of unbranched alkanes of at least 4 members (excludes halogenated alkanes) is 2. The summed E-state index contributed by atoms with van der Waals surface area (Å²) in [7, 11) is 0. The Morgan fingerprint density at radius 3 is 2.56 bits per heavy atom. The van der Waals surface area contributed by atoms with Crippen LogP contribution in [-0.2, 0) is 4.18 Å². The zero-order chi connectivity index (χ0) is 11.8. The molecule has 0 bridgehead atoms. The predicted molar refractivity (Wildman–Crippen MR) is 66.3 cm³/mol. The highest BCUT2D eigenvalue weighted by molar-refractivity contribution is 7.94. The Labute approximate surface area is 101 Å². The highest BCUT2D eigenvalue weighted by atomic mass is 32.2. The molecule has 0 aromatic heterocycles. The number of hydrogen-bond acceptors (Lipinski definition) is 3. The second-order valence-corrected chi connectivity index (χ2v) is 4.37. The van der Waals surface area contributed by atoms with Gasteiger partial charge in [-0.1, -0.05) is 19.8 Å². The molecular formula is C12H17NO2S. The minimum atomic E-state index is -0.402. The van der Waals surface area contributed by atoms with Gasteiger partial charge in [-0.15, -0.1) is 0 Å². The van der Waals surface area contributed by atoms with Gasteiger partial charge in [-0.3, -0.25) is 4.79 Å². The Balaban J connectivity index is 2.29. The number of carbonyl (C=O) groups excluding carboxylic acids is 1. The van der Waals surface area contributed by atoms with E-state index in [0.717, 1.165) is 17.9 Å². The molecule has 1 rings (SSSR count). The fourth-order valence-corrected chi connectivity index (χ4v) is 1.78. The van der Waals surface area contributed by atoms with Crippen LogP contribution in [0.1, 0.15) is 36.5 Å². The molecule has 2 N–H and O–H groups in total. The van der Waals surface area contributed by atoms with Gasteiger partial charge in [0.1, 0.15) is 0 Å². The first kappa shape index (κ1) is 13.1. The molecule has 0 saturated heterocycles. The standard InChI is InChI=1S/C12H17NO2S/c1-2-3-4-9-15-16-11-7-5-10(6-8-11)12(13)14/h5-8H,2-4,9H2,1H3,(H2,13,14). The van der Waals surface area contributed by atoms with E-state index in [2.05, 4.69) is 6.92 Å². The van der Waals surface area contributed by atoms with Crippen molar-refractivity contribution in [3.05, 3.63) is 29.8 Å². The summed E-state index contributed by atoms with van der Waals surface area (Å²) in [4.78, 5) is 11.8. The van der Waals surface area contributed by atoms with Crippen molar-refractivity contribution < 1.29 is 8.98 Å². The number of primary amides is 1. The van der Waals surface area contributed by atoms with Crippen LogP contribution in [0.5, 0.6) is 0 Å². The van der Waals surface area contributed by atoms with Crippen LogP contribution in [0.15, 0.2) is 29.2 Å². The molecule has 0 aliphatic rings. The molecule has 0 aliphatic carbocycles. The van der Waals surface area contributed by atoms with E-state index in [1.54, 1.807) is 12.1 Å². The van der Waals surface area contributed by atoms with Crippen LogP contribution in [0.25, 0.3) is 0 Å². The minimum absolute atomic E-state index is 0.402. The third-order valence-corrected chi connectivity index (χ3v) is 2.87. The van der Waals surface area contributed by atoms with Crippen molar-refractivity contribution in [1.82, 2.24) is 0 Å². The maximum Gasteiger partial charge on any atom is 0.248 e. The molecule has 0 radical (unpaired) electrons. The summed E-state index contributed by atoms with van der Waals surface area (Å²) >= 11 is 1.34. The maximum absolute atomic E-state index is 10.8. The van der Waals surface area contributed by atoms with Crippen LogP contribution in [-0.4, -0.2) is 12.5 Å². The molecule has 0 unspecified atom stereocenters. The second-order valence-electron chi connectivity index (χ2n) is 3.50. The van der Waals surface area contributed by atoms with Crippen molar-refractivity contribution in [3.63, 3.8) is 0 Å². The van der Waals surface area contributed by atoms with Crippen LogP contribution >= 0.6 is 12.0 Å². The largest absolute Gasteiger partial charge is 0.366 e. The van der Waals surface area contributed by atoms with Gasteiger partial charge >= 0.3 is 0 Å². The van der Waals surface area contributed by atoms with E-state index in [4.69, 9.17) is 9.92 Å². The van der Waals surface area contributed by atoms with Crippen molar-refractivity contribution in [2.45, 2.75) is 31.1 Å². The summed E-state index contributed by atoms with van der Waals surface area (Å²) in [5, 5.41) is 0. The summed E-state index contributed by atoms with van der Waals surface area (Å²) in [5.74, 6) is -0.402. The quantitative estimate of drug-likeness (QED) is 0.588. The molecule has 1 amide bonds. The van der Waals surface area contributed by atoms with Gasteiger partial charge in [-0.05, 0) is 30.7 Å². The highest BCUT2D eigenvalue weighted by Gasteiger charge is 2.00. The van der Waals surface area contributed by atoms with Gasteiger partial charge in [0.05, 0.1) is 6.61 Å². The van der Waals surface area contributed by atoms with Crippen molar-refractivity contribution in [3.8, 4) is 0 Å². The molecule has 16 heavy (non-hydrogen) atoms. The summed E-state index contributed by atoms with van der Waals surface area (Å²) in [5.41, 5.74) is 5.67. The van der Waals surface area contributed by atoms with E-state index in [1.165, 1.54) is 24.9 Å². The fraction of sp³-hybridized carbons (Fsp3) is 0.417. The molecule has 0 heterocycles. The number of benzene rings is 1. The van der Waals surface area contributed by atoms with Crippen molar-refractivity contribution in [1.29, 1.82) is 0 Å². The highest BCUT2D eigenvalue weighted by Crippen LogP contribution is 2.19. The Bertz CT molecular complexity index is 324. The molecule has 0 atom stereocenters. The summed E-state index contributed by atoms with van der Waals surface area (Å²) < 4.78 is 5.42. The van der Waals surface area contributed by atoms with Crippen molar-refractivity contribution >= 4 is 17.9 Å². The monoisotopic (exact) mass is 239 g/mol. The number of carbonyl (C=O) groups is 1. The van der Waals surface area contributed by atoms with Gasteiger partial charge in [0.2, 0.25) is 5.91 Å². The first-order valence-corrected chi connectivity index (χ1v) is 6.17. The lowest BCUT2D eigenvalue weighted by Crippen LogP contribution is -2.10. The van der Waals surface area contributed by atoms with E-state index >= 15 is 0 Å². The molecular weight excluding hydrogens is 222 g/mol. The number of rotatable bonds is 7. The molecule has 1 aromatic rings. The van der Waals surface area contributed by atoms with Gasteiger partial charge in [0.15, 0.2) is 0 Å². The van der Waals surface area contributed by atoms with Crippen molar-refractivity contribution in [2.24, 2.45) is 5.73 Å². The van der Waals surface area contributed by atoms with E-state index in [9.17, 15) is 4.79 Å². The molecule has 0 fully saturated rings. The molecule has 1 aromatic carbocycles. The number of hydrogen-bond donors (Lipinski definition) is 1. The molecule has 0 aliphatic heterocycles. The Hall–Kier alpha value is -1.00. The zero-order valence-corrected chi connectivity index (χ0v) is 10.3. The van der Waals surface area contributed by atoms with E-state index < -0.39 is 5.91 Å². The first-order chi connectivity index (χ1) is 7.74. The second kappa shape index (κ2) is 7.30. The van der Waals surface area contributed by atoms with Crippen LogP contribution < -0.4 is 5.73 Å². The third kappa shape index (κ3) is 4.68. The van der Waals surface area contributed by atoms with Gasteiger partial charge in [-0.25, -0.2) is 0 Å². The van der Waals surface area contributed by atoms with E-state index in [1.807, 2.05) is 12.1 Å². The van der Waals surface area contributed by atoms with Gasteiger partial charge in [0.25, 0.3) is 0 Å². The summed E-state index contributed by atoms with van der Waals surface area (Å²) in [6.45, 7) is 2.92. The number of nitrogens with two attached hydrogens (primary N) is 1. The van der Waals surface area contributed by atoms with Gasteiger partial charge in [-0.2, -0.15) is 0 Å². The Morgan fingerprint density at radius 2 is 2.00 bits per heavy atom. The lowest BCUT2D eigenvalue weighted by atomic mass is 10.2. The molecule has 0 saturated carbocycles. The van der Waals surface area contributed by atoms with Crippen LogP contribution in [0.2, 0.25) is 0 Å². The normalized spacial score (nSPS) is 10.3. The predicted octanol–water partition coefficient (Wildman–Crippen LogP) is 3.00. The third-order valence-electron chi connectivity index (χ3n) is 2.13. The molecule has 3 nitrogen and oxygen atoms in total. The SMILES string of the molecule is CCCCCOSc1ccc(C(N)=O)cc1. The molecule has 88 valence electrons. The minimum Gasteiger partial charge on any atom is -0.366 e. The van der Waals surface area contributed by atoms with E-state index in [0.29, 0.717) is 5.56 Å². The molecule has 0 spiro atoms. The summed E-state index contributed by atoms with van der Waals surface area (Å²) in [6, 6.07) is 7.09. The lowest BCUT2D eigenvalue weighted by molar-refractivity contribution is 0.1000. The topological polar surface area (TPSA) is 52.3 Å². The van der Waals surface area contributed by atoms with Crippen molar-refractivity contribution in [2.75, 3.05) is 6.61 Å². The average molecular weight is 239 g/mol. The number of amides is 1. The average Bonchev–Trinajstić information content (AvgIpc) is 2.29. The smallest absolute Gasteiger partial charge is 0.248 e. The molecule has 4 heteroatoms. The van der Waals surface area contributed by atoms with Crippen LogP contribution in [0.3, 0.4) is 0 Å². The maximum atomic E-state index is 10.8. The van der Waals surface area contributed by atoms with Gasteiger partial charge < -0.3 is 9.92 Å². The summed E-state index contributed by atoms with van der Waals surface area (Å²) in [6.07, 6.45) is 3.48. The van der Waals surface area contributed by atoms with Crippen LogP contribution in [0.4, 0.5) is 0 Å². The fourth-order valence-electron chi connectivity index (χ4n) is 1.20. The first-order valence-electron chi connectivity index (χ1n) is 5.43. The van der Waals surface area contributed by atoms with Gasteiger partial charge in [0, 0.05) is 22.5 Å². The van der Waals surface area contributed by atoms with E-state index in [-0.39, 0.29) is 0 Å². The zero-order valence-electron chi connectivity index (χ0n) is 9.44. The Morgan fingerprint density at radius 1 is 1.31 bits per heavy atom. The van der Waals surface area contributed by atoms with Crippen LogP contribution in [0, 0.1) is 0 Å².